The lowest BCUT2D eigenvalue weighted by molar-refractivity contribution is 0.103. The van der Waals surface area contributed by atoms with Gasteiger partial charge in [-0.3, -0.25) is 4.79 Å². The molecule has 0 aliphatic carbocycles. The van der Waals surface area contributed by atoms with Gasteiger partial charge < -0.3 is 9.88 Å². The lowest BCUT2D eigenvalue weighted by atomic mass is 10.2. The molecule has 0 bridgehead atoms. The zero-order valence-electron chi connectivity index (χ0n) is 14.0. The first-order valence-electron chi connectivity index (χ1n) is 7.93. The van der Waals surface area contributed by atoms with Gasteiger partial charge in [0.2, 0.25) is 0 Å². The number of aryl methyl sites for hydroxylation is 1. The number of nitrogens with zero attached hydrogens (tertiary/aromatic N) is 2. The summed E-state index contributed by atoms with van der Waals surface area (Å²) in [6.45, 7) is 1.77. The molecule has 8 heteroatoms. The molecule has 0 radical (unpaired) electrons. The number of imidazole rings is 1. The molecule has 0 saturated carbocycles. The second-order valence-corrected chi connectivity index (χ2v) is 7.28. The van der Waals surface area contributed by atoms with Gasteiger partial charge in [0.1, 0.15) is 22.3 Å². The second-order valence-electron chi connectivity index (χ2n) is 5.85. The van der Waals surface area contributed by atoms with E-state index in [4.69, 9.17) is 11.6 Å². The fourth-order valence-corrected chi connectivity index (χ4v) is 4.22. The maximum absolute atomic E-state index is 14.5. The van der Waals surface area contributed by atoms with E-state index in [9.17, 15) is 13.6 Å². The summed E-state index contributed by atoms with van der Waals surface area (Å²) in [5, 5.41) is 3.48. The van der Waals surface area contributed by atoms with Gasteiger partial charge in [0.05, 0.1) is 10.7 Å². The van der Waals surface area contributed by atoms with E-state index < -0.39 is 17.5 Å². The number of hydrogen-bond donors (Lipinski definition) is 1. The molecule has 1 N–H and O–H groups in total. The van der Waals surface area contributed by atoms with Gasteiger partial charge in [-0.1, -0.05) is 11.6 Å². The number of rotatable bonds is 3. The van der Waals surface area contributed by atoms with Crippen molar-refractivity contribution >= 4 is 44.6 Å². The highest BCUT2D eigenvalue weighted by Crippen LogP contribution is 2.36. The minimum absolute atomic E-state index is 0.243. The fraction of sp³-hybridized carbons (Fsp3) is 0.0526. The Kier molecular flexibility index (Phi) is 4.41. The molecule has 4 rings (SSSR count). The maximum atomic E-state index is 14.5. The van der Waals surface area contributed by atoms with Crippen molar-refractivity contribution in [2.24, 2.45) is 0 Å². The summed E-state index contributed by atoms with van der Waals surface area (Å²) >= 11 is 7.34. The molecule has 0 saturated heterocycles. The Morgan fingerprint density at radius 2 is 2.04 bits per heavy atom. The van der Waals surface area contributed by atoms with E-state index in [1.54, 1.807) is 36.0 Å². The second kappa shape index (κ2) is 6.75. The molecule has 0 aliphatic heterocycles. The molecule has 0 atom stereocenters. The minimum atomic E-state index is -0.501. The van der Waals surface area contributed by atoms with Crippen molar-refractivity contribution in [1.82, 2.24) is 9.55 Å². The van der Waals surface area contributed by atoms with Crippen molar-refractivity contribution in [3.8, 4) is 5.69 Å². The molecule has 0 unspecified atom stereocenters. The number of halogens is 3. The average Bonchev–Trinajstić information content (AvgIpc) is 3.18. The summed E-state index contributed by atoms with van der Waals surface area (Å²) in [4.78, 5) is 16.9. The topological polar surface area (TPSA) is 46.9 Å². The number of carbonyl (C=O) groups is 1. The van der Waals surface area contributed by atoms with Crippen LogP contribution in [0.3, 0.4) is 0 Å². The molecular weight excluding hydrogens is 392 g/mol. The van der Waals surface area contributed by atoms with Crippen molar-refractivity contribution < 1.29 is 13.6 Å². The monoisotopic (exact) mass is 403 g/mol. The first-order valence-corrected chi connectivity index (χ1v) is 9.12. The van der Waals surface area contributed by atoms with Crippen molar-refractivity contribution in [2.45, 2.75) is 6.92 Å². The number of aromatic nitrogens is 2. The Bertz CT molecular complexity index is 1190. The number of benzene rings is 2. The predicted octanol–water partition coefficient (Wildman–Crippen LogP) is 5.58. The highest BCUT2D eigenvalue weighted by Gasteiger charge is 2.18. The molecule has 2 aromatic carbocycles. The summed E-state index contributed by atoms with van der Waals surface area (Å²) in [7, 11) is 0. The lowest BCUT2D eigenvalue weighted by Crippen LogP contribution is -2.11. The Morgan fingerprint density at radius 1 is 1.22 bits per heavy atom. The largest absolute Gasteiger partial charge is 0.321 e. The molecule has 27 heavy (non-hydrogen) atoms. The van der Waals surface area contributed by atoms with Crippen molar-refractivity contribution in [1.29, 1.82) is 0 Å². The van der Waals surface area contributed by atoms with Crippen LogP contribution >= 0.6 is 22.9 Å². The molecule has 136 valence electrons. The van der Waals surface area contributed by atoms with Crippen LogP contribution in [0, 0.1) is 18.6 Å². The van der Waals surface area contributed by atoms with E-state index in [-0.39, 0.29) is 9.90 Å². The summed E-state index contributed by atoms with van der Waals surface area (Å²) in [5.74, 6) is -0.735. The number of carbonyl (C=O) groups excluding carboxylic acids is 1. The molecule has 4 nitrogen and oxygen atoms in total. The third kappa shape index (κ3) is 3.20. The normalized spacial score (nSPS) is 11.1. The molecular formula is C19H12ClF2N3OS. The van der Waals surface area contributed by atoms with Crippen LogP contribution in [0.5, 0.6) is 0 Å². The van der Waals surface area contributed by atoms with E-state index in [0.717, 1.165) is 11.3 Å². The number of amides is 1. The first kappa shape index (κ1) is 17.6. The number of anilines is 1. The zero-order chi connectivity index (χ0) is 19.1. The van der Waals surface area contributed by atoms with Gasteiger partial charge in [-0.15, -0.1) is 11.3 Å². The molecule has 0 spiro atoms. The Morgan fingerprint density at radius 3 is 2.74 bits per heavy atom. The van der Waals surface area contributed by atoms with Crippen LogP contribution in [0.4, 0.5) is 14.5 Å². The highest BCUT2D eigenvalue weighted by molar-refractivity contribution is 7.21. The first-order chi connectivity index (χ1) is 12.9. The smallest absolute Gasteiger partial charge is 0.267 e. The van der Waals surface area contributed by atoms with E-state index in [1.165, 1.54) is 24.3 Å². The third-order valence-corrected chi connectivity index (χ3v) is 5.74. The van der Waals surface area contributed by atoms with Crippen LogP contribution in [0.2, 0.25) is 5.02 Å². The molecule has 1 amide bonds. The maximum Gasteiger partial charge on any atom is 0.267 e. The lowest BCUT2D eigenvalue weighted by Gasteiger charge is -2.09. The van der Waals surface area contributed by atoms with Crippen molar-refractivity contribution in [3.63, 3.8) is 0 Å². The SMILES string of the molecule is Cc1nccn1-c1ccc(NC(=O)c2sc3cc(F)ccc3c2Cl)cc1F. The third-order valence-electron chi connectivity index (χ3n) is 4.09. The number of nitrogens with one attached hydrogen (secondary N) is 1. The van der Waals surface area contributed by atoms with Crippen LogP contribution in [-0.4, -0.2) is 15.5 Å². The van der Waals surface area contributed by atoms with E-state index in [0.29, 0.717) is 27.3 Å². The Balaban J connectivity index is 1.63. The van der Waals surface area contributed by atoms with Gasteiger partial charge in [0.25, 0.3) is 5.91 Å². The number of thiophene rings is 1. The van der Waals surface area contributed by atoms with Crippen LogP contribution in [-0.2, 0) is 0 Å². The average molecular weight is 404 g/mol. The van der Waals surface area contributed by atoms with Gasteiger partial charge in [-0.2, -0.15) is 0 Å². The highest BCUT2D eigenvalue weighted by atomic mass is 35.5. The van der Waals surface area contributed by atoms with Gasteiger partial charge >= 0.3 is 0 Å². The molecule has 2 aromatic heterocycles. The molecule has 0 aliphatic rings. The van der Waals surface area contributed by atoms with Crippen LogP contribution in [0.15, 0.2) is 48.8 Å². The van der Waals surface area contributed by atoms with Crippen molar-refractivity contribution in [2.75, 3.05) is 5.32 Å². The predicted molar refractivity (Wildman–Crippen MR) is 103 cm³/mol. The standard InChI is InChI=1S/C19H12ClF2N3OS/c1-10-23-6-7-25(10)15-5-3-12(9-14(15)22)24-19(26)18-17(20)13-4-2-11(21)8-16(13)27-18/h2-9H,1H3,(H,24,26). The summed E-state index contributed by atoms with van der Waals surface area (Å²) in [5.41, 5.74) is 0.622. The van der Waals surface area contributed by atoms with Crippen molar-refractivity contribution in [3.05, 3.63) is 76.2 Å². The molecule has 2 heterocycles. The molecule has 0 fully saturated rings. The van der Waals surface area contributed by atoms with E-state index >= 15 is 0 Å². The number of fused-ring (bicyclic) bond motifs is 1. The summed E-state index contributed by atoms with van der Waals surface area (Å²) in [6.07, 6.45) is 3.23. The fourth-order valence-electron chi connectivity index (χ4n) is 2.79. The minimum Gasteiger partial charge on any atom is -0.321 e. The Hall–Kier alpha value is -2.77. The van der Waals surface area contributed by atoms with Gasteiger partial charge in [-0.05, 0) is 43.3 Å². The number of hydrogen-bond acceptors (Lipinski definition) is 3. The Labute approximate surface area is 162 Å². The van der Waals surface area contributed by atoms with E-state index in [2.05, 4.69) is 10.3 Å². The van der Waals surface area contributed by atoms with Gasteiger partial charge in [-0.25, -0.2) is 13.8 Å². The summed E-state index contributed by atoms with van der Waals surface area (Å²) < 4.78 is 30.0. The molecule has 4 aromatic rings. The van der Waals surface area contributed by atoms with Crippen LogP contribution in [0.25, 0.3) is 15.8 Å². The van der Waals surface area contributed by atoms with Gasteiger partial charge in [0.15, 0.2) is 0 Å². The summed E-state index contributed by atoms with van der Waals surface area (Å²) in [6, 6.07) is 8.52. The van der Waals surface area contributed by atoms with Crippen LogP contribution in [0.1, 0.15) is 15.5 Å². The van der Waals surface area contributed by atoms with Crippen LogP contribution < -0.4 is 5.32 Å². The van der Waals surface area contributed by atoms with Gasteiger partial charge in [0, 0.05) is 28.2 Å². The van der Waals surface area contributed by atoms with E-state index in [1.807, 2.05) is 0 Å². The zero-order valence-corrected chi connectivity index (χ0v) is 15.5. The quantitative estimate of drug-likeness (QED) is 0.485.